The summed E-state index contributed by atoms with van der Waals surface area (Å²) in [7, 11) is 0. The highest BCUT2D eigenvalue weighted by molar-refractivity contribution is 5.62. The second-order valence-corrected chi connectivity index (χ2v) is 3.00. The first kappa shape index (κ1) is 8.81. The molecule has 0 N–H and O–H groups in total. The van der Waals surface area contributed by atoms with Gasteiger partial charge in [0.15, 0.2) is 0 Å². The van der Waals surface area contributed by atoms with E-state index in [0.717, 1.165) is 5.56 Å². The number of rotatable bonds is 1. The number of halogens is 1. The Bertz CT molecular complexity index is 440. The third-order valence-electron chi connectivity index (χ3n) is 2.11. The van der Waals surface area contributed by atoms with E-state index in [1.165, 1.54) is 6.07 Å². The zero-order valence-electron chi connectivity index (χ0n) is 7.74. The molecule has 0 unspecified atom stereocenters. The van der Waals surface area contributed by atoms with Crippen LogP contribution in [0.25, 0.3) is 11.3 Å². The van der Waals surface area contributed by atoms with Crippen molar-refractivity contribution in [2.45, 2.75) is 6.92 Å². The van der Waals surface area contributed by atoms with Crippen LogP contribution in [0.15, 0.2) is 36.8 Å². The van der Waals surface area contributed by atoms with Gasteiger partial charge >= 0.3 is 0 Å². The molecule has 2 aromatic rings. The zero-order valence-corrected chi connectivity index (χ0v) is 7.74. The highest BCUT2D eigenvalue weighted by Crippen LogP contribution is 2.21. The van der Waals surface area contributed by atoms with Crippen LogP contribution in [-0.2, 0) is 0 Å². The maximum Gasteiger partial charge on any atom is 0.126 e. The lowest BCUT2D eigenvalue weighted by molar-refractivity contribution is 0.619. The maximum absolute atomic E-state index is 13.2. The quantitative estimate of drug-likeness (QED) is 0.687. The molecule has 0 spiro atoms. The Morgan fingerprint density at radius 1 is 1.21 bits per heavy atom. The van der Waals surface area contributed by atoms with E-state index >= 15 is 0 Å². The van der Waals surface area contributed by atoms with Crippen LogP contribution in [-0.4, -0.2) is 9.97 Å². The molecule has 1 aromatic carbocycles. The van der Waals surface area contributed by atoms with Crippen molar-refractivity contribution in [2.75, 3.05) is 0 Å². The summed E-state index contributed by atoms with van der Waals surface area (Å²) >= 11 is 0. The minimum Gasteiger partial charge on any atom is -0.261 e. The van der Waals surface area contributed by atoms with Crippen LogP contribution in [0.2, 0.25) is 0 Å². The van der Waals surface area contributed by atoms with Gasteiger partial charge in [0.1, 0.15) is 5.82 Å². The molecule has 0 fully saturated rings. The van der Waals surface area contributed by atoms with Crippen molar-refractivity contribution in [3.8, 4) is 11.3 Å². The average molecular weight is 188 g/mol. The molecule has 0 bridgehead atoms. The van der Waals surface area contributed by atoms with Crippen LogP contribution in [0.3, 0.4) is 0 Å². The smallest absolute Gasteiger partial charge is 0.126 e. The molecule has 0 atom stereocenters. The van der Waals surface area contributed by atoms with Crippen LogP contribution in [0.5, 0.6) is 0 Å². The predicted molar refractivity (Wildman–Crippen MR) is 52.2 cm³/mol. The molecular weight excluding hydrogens is 179 g/mol. The molecule has 0 saturated heterocycles. The van der Waals surface area contributed by atoms with Gasteiger partial charge < -0.3 is 0 Å². The Morgan fingerprint density at radius 3 is 2.79 bits per heavy atom. The summed E-state index contributed by atoms with van der Waals surface area (Å²) < 4.78 is 13.2. The molecule has 0 radical (unpaired) electrons. The van der Waals surface area contributed by atoms with Gasteiger partial charge in [0.25, 0.3) is 0 Å². The van der Waals surface area contributed by atoms with Crippen LogP contribution < -0.4 is 0 Å². The van der Waals surface area contributed by atoms with Crippen molar-refractivity contribution >= 4 is 0 Å². The van der Waals surface area contributed by atoms with E-state index in [2.05, 4.69) is 9.97 Å². The van der Waals surface area contributed by atoms with Crippen molar-refractivity contribution in [1.29, 1.82) is 0 Å². The summed E-state index contributed by atoms with van der Waals surface area (Å²) in [6.45, 7) is 1.74. The fourth-order valence-electron chi connectivity index (χ4n) is 1.32. The molecular formula is C11H9FN2. The average Bonchev–Trinajstić information content (AvgIpc) is 2.23. The molecule has 0 aliphatic heterocycles. The summed E-state index contributed by atoms with van der Waals surface area (Å²) in [4.78, 5) is 8.07. The largest absolute Gasteiger partial charge is 0.261 e. The predicted octanol–water partition coefficient (Wildman–Crippen LogP) is 2.59. The lowest BCUT2D eigenvalue weighted by Crippen LogP contribution is -1.90. The first-order valence-corrected chi connectivity index (χ1v) is 4.30. The minimum atomic E-state index is -0.215. The molecule has 14 heavy (non-hydrogen) atoms. The second kappa shape index (κ2) is 3.54. The highest BCUT2D eigenvalue weighted by Gasteiger charge is 2.05. The Labute approximate surface area is 81.5 Å². The number of benzene rings is 1. The summed E-state index contributed by atoms with van der Waals surface area (Å²) in [5, 5.41) is 0. The molecule has 0 saturated carbocycles. The van der Waals surface area contributed by atoms with Gasteiger partial charge in [-0.15, -0.1) is 0 Å². The van der Waals surface area contributed by atoms with Crippen molar-refractivity contribution in [1.82, 2.24) is 9.97 Å². The fourth-order valence-corrected chi connectivity index (χ4v) is 1.32. The third-order valence-corrected chi connectivity index (χ3v) is 2.11. The first-order chi connectivity index (χ1) is 6.79. The maximum atomic E-state index is 13.2. The van der Waals surface area contributed by atoms with Crippen LogP contribution in [0, 0.1) is 12.7 Å². The van der Waals surface area contributed by atoms with E-state index in [9.17, 15) is 4.39 Å². The van der Waals surface area contributed by atoms with Gasteiger partial charge in [0.05, 0.1) is 11.9 Å². The first-order valence-electron chi connectivity index (χ1n) is 4.30. The van der Waals surface area contributed by atoms with E-state index in [1.807, 2.05) is 6.07 Å². The Kier molecular flexibility index (Phi) is 2.23. The SMILES string of the molecule is Cc1c(F)cccc1-c1cnccn1. The molecule has 2 nitrogen and oxygen atoms in total. The third kappa shape index (κ3) is 1.48. The Hall–Kier alpha value is -1.77. The van der Waals surface area contributed by atoms with Gasteiger partial charge in [0, 0.05) is 18.0 Å². The van der Waals surface area contributed by atoms with Crippen LogP contribution >= 0.6 is 0 Å². The van der Waals surface area contributed by atoms with E-state index < -0.39 is 0 Å². The molecule has 1 aromatic heterocycles. The summed E-state index contributed by atoms with van der Waals surface area (Å²) in [6.07, 6.45) is 4.82. The monoisotopic (exact) mass is 188 g/mol. The number of nitrogens with zero attached hydrogens (tertiary/aromatic N) is 2. The van der Waals surface area contributed by atoms with E-state index in [0.29, 0.717) is 11.3 Å². The molecule has 0 aliphatic rings. The van der Waals surface area contributed by atoms with E-state index in [-0.39, 0.29) is 5.82 Å². The zero-order chi connectivity index (χ0) is 9.97. The fraction of sp³-hybridized carbons (Fsp3) is 0.0909. The normalized spacial score (nSPS) is 10.1. The van der Waals surface area contributed by atoms with Crippen LogP contribution in [0.4, 0.5) is 4.39 Å². The summed E-state index contributed by atoms with van der Waals surface area (Å²) in [6, 6.07) is 4.95. The minimum absolute atomic E-state index is 0.215. The van der Waals surface area contributed by atoms with Gasteiger partial charge in [-0.3, -0.25) is 9.97 Å². The molecule has 1 heterocycles. The molecule has 3 heteroatoms. The molecule has 70 valence electrons. The summed E-state index contributed by atoms with van der Waals surface area (Å²) in [5.41, 5.74) is 2.09. The topological polar surface area (TPSA) is 25.8 Å². The lowest BCUT2D eigenvalue weighted by atomic mass is 10.1. The Morgan fingerprint density at radius 2 is 2.07 bits per heavy atom. The molecule has 2 rings (SSSR count). The number of hydrogen-bond acceptors (Lipinski definition) is 2. The van der Waals surface area contributed by atoms with E-state index in [4.69, 9.17) is 0 Å². The van der Waals surface area contributed by atoms with E-state index in [1.54, 1.807) is 31.6 Å². The van der Waals surface area contributed by atoms with Crippen molar-refractivity contribution in [2.24, 2.45) is 0 Å². The molecule has 0 aliphatic carbocycles. The second-order valence-electron chi connectivity index (χ2n) is 3.00. The van der Waals surface area contributed by atoms with Gasteiger partial charge in [0.2, 0.25) is 0 Å². The lowest BCUT2D eigenvalue weighted by Gasteiger charge is -2.04. The van der Waals surface area contributed by atoms with Crippen molar-refractivity contribution in [3.63, 3.8) is 0 Å². The van der Waals surface area contributed by atoms with Gasteiger partial charge in [-0.25, -0.2) is 4.39 Å². The Balaban J connectivity index is 2.58. The van der Waals surface area contributed by atoms with Gasteiger partial charge in [-0.05, 0) is 18.6 Å². The number of aromatic nitrogens is 2. The highest BCUT2D eigenvalue weighted by atomic mass is 19.1. The van der Waals surface area contributed by atoms with Gasteiger partial charge in [-0.1, -0.05) is 12.1 Å². The van der Waals surface area contributed by atoms with Crippen molar-refractivity contribution in [3.05, 3.63) is 48.2 Å². The number of hydrogen-bond donors (Lipinski definition) is 0. The van der Waals surface area contributed by atoms with Crippen LogP contribution in [0.1, 0.15) is 5.56 Å². The van der Waals surface area contributed by atoms with Crippen molar-refractivity contribution < 1.29 is 4.39 Å². The molecule has 0 amide bonds. The van der Waals surface area contributed by atoms with Gasteiger partial charge in [-0.2, -0.15) is 0 Å². The summed E-state index contributed by atoms with van der Waals surface area (Å²) in [5.74, 6) is -0.215. The standard InChI is InChI=1S/C11H9FN2/c1-8-9(3-2-4-10(8)12)11-7-13-5-6-14-11/h2-7H,1H3.